The van der Waals surface area contributed by atoms with Crippen molar-refractivity contribution in [3.63, 3.8) is 0 Å². The molecule has 1 aromatic heterocycles. The number of carbonyl (C=O) groups is 1. The van der Waals surface area contributed by atoms with Gasteiger partial charge in [-0.15, -0.1) is 0 Å². The molecule has 1 fully saturated rings. The summed E-state index contributed by atoms with van der Waals surface area (Å²) >= 11 is 0. The smallest absolute Gasteiger partial charge is 0.312 e. The summed E-state index contributed by atoms with van der Waals surface area (Å²) in [6.07, 6.45) is 0. The van der Waals surface area contributed by atoms with Gasteiger partial charge in [0.2, 0.25) is 5.91 Å². The molecule has 3 rings (SSSR count). The van der Waals surface area contributed by atoms with Crippen molar-refractivity contribution in [1.29, 1.82) is 0 Å². The van der Waals surface area contributed by atoms with E-state index in [0.717, 1.165) is 19.6 Å². The van der Waals surface area contributed by atoms with E-state index in [-0.39, 0.29) is 11.6 Å². The number of carbonyl (C=O) groups excluding carboxylic acids is 1. The summed E-state index contributed by atoms with van der Waals surface area (Å²) in [6, 6.07) is 7.79. The molecule has 1 unspecified atom stereocenters. The van der Waals surface area contributed by atoms with Gasteiger partial charge in [0.25, 0.3) is 0 Å². The second-order valence-electron chi connectivity index (χ2n) is 7.42. The second kappa shape index (κ2) is 8.10. The van der Waals surface area contributed by atoms with E-state index in [9.17, 15) is 14.9 Å². The van der Waals surface area contributed by atoms with Crippen LogP contribution in [0.4, 0.5) is 5.69 Å². The first kappa shape index (κ1) is 20.0. The van der Waals surface area contributed by atoms with Gasteiger partial charge < -0.3 is 4.90 Å². The molecule has 1 atom stereocenters. The van der Waals surface area contributed by atoms with E-state index in [1.165, 1.54) is 15.8 Å². The average molecular weight is 385 g/mol. The van der Waals surface area contributed by atoms with Crippen molar-refractivity contribution in [1.82, 2.24) is 19.6 Å². The zero-order chi connectivity index (χ0) is 20.4. The Morgan fingerprint density at radius 1 is 1.18 bits per heavy atom. The monoisotopic (exact) mass is 385 g/mol. The molecule has 1 amide bonds. The van der Waals surface area contributed by atoms with Crippen molar-refractivity contribution in [2.45, 2.75) is 40.3 Å². The van der Waals surface area contributed by atoms with E-state index < -0.39 is 11.0 Å². The summed E-state index contributed by atoms with van der Waals surface area (Å²) in [5.41, 5.74) is 3.33. The van der Waals surface area contributed by atoms with Crippen LogP contribution in [0.2, 0.25) is 0 Å². The van der Waals surface area contributed by atoms with Gasteiger partial charge in [0, 0.05) is 32.7 Å². The molecular weight excluding hydrogens is 358 g/mol. The maximum atomic E-state index is 12.9. The third-order valence-electron chi connectivity index (χ3n) is 5.53. The molecule has 1 aromatic carbocycles. The normalized spacial score (nSPS) is 16.2. The van der Waals surface area contributed by atoms with Gasteiger partial charge in [0.15, 0.2) is 0 Å². The summed E-state index contributed by atoms with van der Waals surface area (Å²) < 4.78 is 1.48. The predicted octanol–water partition coefficient (Wildman–Crippen LogP) is 2.62. The maximum absolute atomic E-state index is 12.9. The molecule has 1 aliphatic heterocycles. The molecule has 0 radical (unpaired) electrons. The fourth-order valence-electron chi connectivity index (χ4n) is 3.82. The fourth-order valence-corrected chi connectivity index (χ4v) is 3.82. The number of amides is 1. The first-order chi connectivity index (χ1) is 13.3. The van der Waals surface area contributed by atoms with Crippen molar-refractivity contribution in [2.75, 3.05) is 26.2 Å². The van der Waals surface area contributed by atoms with Crippen molar-refractivity contribution in [2.24, 2.45) is 0 Å². The van der Waals surface area contributed by atoms with E-state index in [0.29, 0.717) is 24.5 Å². The molecule has 0 bridgehead atoms. The first-order valence-electron chi connectivity index (χ1n) is 9.55. The van der Waals surface area contributed by atoms with Gasteiger partial charge in [-0.25, -0.2) is 0 Å². The van der Waals surface area contributed by atoms with E-state index in [4.69, 9.17) is 0 Å². The lowest BCUT2D eigenvalue weighted by molar-refractivity contribution is -0.386. The van der Waals surface area contributed by atoms with Crippen LogP contribution in [0.1, 0.15) is 35.5 Å². The summed E-state index contributed by atoms with van der Waals surface area (Å²) in [6.45, 7) is 10.9. The standard InChI is InChI=1S/C20H27N5O3/c1-14-7-5-6-8-18(14)13-22-9-11-23(12-10-22)20(26)17(4)24-16(3)19(25(27)28)15(2)21-24/h5-8,17H,9-13H2,1-4H3. The SMILES string of the molecule is Cc1ccccc1CN1CCN(C(=O)C(C)n2nc(C)c([N+](=O)[O-])c2C)CC1. The Bertz CT molecular complexity index is 884. The van der Waals surface area contributed by atoms with Crippen LogP contribution in [0.25, 0.3) is 0 Å². The Morgan fingerprint density at radius 2 is 1.82 bits per heavy atom. The van der Waals surface area contributed by atoms with Gasteiger partial charge in [-0.1, -0.05) is 24.3 Å². The third-order valence-corrected chi connectivity index (χ3v) is 5.53. The van der Waals surface area contributed by atoms with Crippen molar-refractivity contribution < 1.29 is 9.72 Å². The molecular formula is C20H27N5O3. The van der Waals surface area contributed by atoms with Crippen LogP contribution < -0.4 is 0 Å². The summed E-state index contributed by atoms with van der Waals surface area (Å²) in [4.78, 5) is 27.9. The van der Waals surface area contributed by atoms with Crippen LogP contribution in [0.15, 0.2) is 24.3 Å². The Labute approximate surface area is 164 Å². The number of aromatic nitrogens is 2. The van der Waals surface area contributed by atoms with Gasteiger partial charge in [0.05, 0.1) is 4.92 Å². The summed E-state index contributed by atoms with van der Waals surface area (Å²) in [7, 11) is 0. The van der Waals surface area contributed by atoms with Crippen LogP contribution in [0.5, 0.6) is 0 Å². The van der Waals surface area contributed by atoms with E-state index in [2.05, 4.69) is 35.1 Å². The molecule has 150 valence electrons. The van der Waals surface area contributed by atoms with Gasteiger partial charge in [-0.05, 0) is 38.8 Å². The number of rotatable bonds is 5. The van der Waals surface area contributed by atoms with Crippen LogP contribution in [-0.4, -0.2) is 56.6 Å². The zero-order valence-electron chi connectivity index (χ0n) is 16.9. The van der Waals surface area contributed by atoms with E-state index >= 15 is 0 Å². The minimum atomic E-state index is -0.560. The number of nitro groups is 1. The number of piperazine rings is 1. The quantitative estimate of drug-likeness (QED) is 0.583. The van der Waals surface area contributed by atoms with Crippen molar-refractivity contribution in [3.8, 4) is 0 Å². The Morgan fingerprint density at radius 3 is 2.39 bits per heavy atom. The number of benzene rings is 1. The number of nitrogens with zero attached hydrogens (tertiary/aromatic N) is 5. The third kappa shape index (κ3) is 3.91. The number of aryl methyl sites for hydroxylation is 2. The Hall–Kier alpha value is -2.74. The molecule has 1 saturated heterocycles. The molecule has 28 heavy (non-hydrogen) atoms. The summed E-state index contributed by atoms with van der Waals surface area (Å²) in [5.74, 6) is -0.0453. The topological polar surface area (TPSA) is 84.5 Å². The minimum absolute atomic E-state index is 0.0114. The number of hydrogen-bond acceptors (Lipinski definition) is 5. The van der Waals surface area contributed by atoms with Crippen LogP contribution in [-0.2, 0) is 11.3 Å². The maximum Gasteiger partial charge on any atom is 0.312 e. The highest BCUT2D eigenvalue weighted by molar-refractivity contribution is 5.80. The first-order valence-corrected chi connectivity index (χ1v) is 9.55. The molecule has 1 aliphatic rings. The average Bonchev–Trinajstić information content (AvgIpc) is 2.97. The largest absolute Gasteiger partial charge is 0.338 e. The van der Waals surface area contributed by atoms with Crippen molar-refractivity contribution in [3.05, 3.63) is 56.9 Å². The van der Waals surface area contributed by atoms with Gasteiger partial charge in [0.1, 0.15) is 17.4 Å². The van der Waals surface area contributed by atoms with Crippen LogP contribution >= 0.6 is 0 Å². The molecule has 8 heteroatoms. The lowest BCUT2D eigenvalue weighted by Gasteiger charge is -2.36. The molecule has 2 heterocycles. The van der Waals surface area contributed by atoms with Gasteiger partial charge in [-0.3, -0.25) is 24.5 Å². The van der Waals surface area contributed by atoms with Gasteiger partial charge >= 0.3 is 5.69 Å². The zero-order valence-corrected chi connectivity index (χ0v) is 16.9. The lowest BCUT2D eigenvalue weighted by Crippen LogP contribution is -2.50. The highest BCUT2D eigenvalue weighted by Gasteiger charge is 2.30. The molecule has 0 spiro atoms. The molecule has 0 saturated carbocycles. The molecule has 2 aromatic rings. The van der Waals surface area contributed by atoms with Crippen molar-refractivity contribution >= 4 is 11.6 Å². The van der Waals surface area contributed by atoms with E-state index in [1.807, 2.05) is 11.0 Å². The van der Waals surface area contributed by atoms with Crippen LogP contribution in [0, 0.1) is 30.9 Å². The van der Waals surface area contributed by atoms with Crippen LogP contribution in [0.3, 0.4) is 0 Å². The Balaban J connectivity index is 1.63. The Kier molecular flexibility index (Phi) is 5.79. The molecule has 8 nitrogen and oxygen atoms in total. The predicted molar refractivity (Wildman–Crippen MR) is 106 cm³/mol. The minimum Gasteiger partial charge on any atom is -0.338 e. The van der Waals surface area contributed by atoms with E-state index in [1.54, 1.807) is 20.8 Å². The highest BCUT2D eigenvalue weighted by Crippen LogP contribution is 2.25. The molecule has 0 aliphatic carbocycles. The number of hydrogen-bond donors (Lipinski definition) is 0. The fraction of sp³-hybridized carbons (Fsp3) is 0.500. The second-order valence-corrected chi connectivity index (χ2v) is 7.42. The van der Waals surface area contributed by atoms with Gasteiger partial charge in [-0.2, -0.15) is 5.10 Å². The summed E-state index contributed by atoms with van der Waals surface area (Å²) in [5, 5.41) is 15.5. The highest BCUT2D eigenvalue weighted by atomic mass is 16.6. The molecule has 0 N–H and O–H groups in total. The lowest BCUT2D eigenvalue weighted by atomic mass is 10.1.